The molecule has 0 spiro atoms. The van der Waals surface area contributed by atoms with Gasteiger partial charge in [0.15, 0.2) is 0 Å². The molecule has 1 fully saturated rings. The van der Waals surface area contributed by atoms with Crippen molar-refractivity contribution >= 4 is 29.6 Å². The molecule has 170 valence electrons. The van der Waals surface area contributed by atoms with E-state index in [4.69, 9.17) is 5.73 Å². The van der Waals surface area contributed by atoms with Gasteiger partial charge in [0.1, 0.15) is 18.1 Å². The minimum atomic E-state index is -1.41. The number of amides is 4. The van der Waals surface area contributed by atoms with Gasteiger partial charge in [-0.1, -0.05) is 0 Å². The van der Waals surface area contributed by atoms with E-state index in [1.165, 1.54) is 19.4 Å². The minimum absolute atomic E-state index is 0.0842. The van der Waals surface area contributed by atoms with Crippen molar-refractivity contribution in [2.45, 2.75) is 56.8 Å². The first-order chi connectivity index (χ1) is 14.7. The minimum Gasteiger partial charge on any atom is -0.480 e. The molecule has 1 aliphatic heterocycles. The molecular formula is C18H27N7O6. The molecule has 1 aromatic heterocycles. The fourth-order valence-corrected chi connectivity index (χ4v) is 3.08. The topological polar surface area (TPSA) is 208 Å². The van der Waals surface area contributed by atoms with Gasteiger partial charge in [-0.15, -0.1) is 0 Å². The molecule has 0 radical (unpaired) electrons. The molecule has 2 heterocycles. The van der Waals surface area contributed by atoms with Crippen LogP contribution in [0.2, 0.25) is 0 Å². The van der Waals surface area contributed by atoms with Crippen LogP contribution in [0.5, 0.6) is 0 Å². The third kappa shape index (κ3) is 7.37. The average Bonchev–Trinajstić information content (AvgIpc) is 3.40. The molecule has 4 amide bonds. The Labute approximate surface area is 177 Å². The third-order valence-corrected chi connectivity index (χ3v) is 4.76. The predicted molar refractivity (Wildman–Crippen MR) is 106 cm³/mol. The Bertz CT molecular complexity index is 806. The lowest BCUT2D eigenvalue weighted by molar-refractivity contribution is -0.142. The van der Waals surface area contributed by atoms with Crippen molar-refractivity contribution in [2.24, 2.45) is 5.73 Å². The summed E-state index contributed by atoms with van der Waals surface area (Å²) in [6.07, 6.45) is 3.65. The summed E-state index contributed by atoms with van der Waals surface area (Å²) in [7, 11) is 0. The van der Waals surface area contributed by atoms with E-state index in [2.05, 4.69) is 31.2 Å². The average molecular weight is 437 g/mol. The van der Waals surface area contributed by atoms with E-state index < -0.39 is 54.3 Å². The zero-order valence-corrected chi connectivity index (χ0v) is 17.0. The van der Waals surface area contributed by atoms with Crippen LogP contribution in [0.15, 0.2) is 12.5 Å². The summed E-state index contributed by atoms with van der Waals surface area (Å²) < 4.78 is 0. The fraction of sp³-hybridized carbons (Fsp3) is 0.556. The lowest BCUT2D eigenvalue weighted by Crippen LogP contribution is -2.57. The number of carboxylic acid groups (broad SMARTS) is 1. The molecule has 0 aliphatic carbocycles. The molecule has 8 N–H and O–H groups in total. The van der Waals surface area contributed by atoms with Crippen molar-refractivity contribution in [3.05, 3.63) is 18.2 Å². The largest absolute Gasteiger partial charge is 0.480 e. The fourth-order valence-electron chi connectivity index (χ4n) is 3.08. The summed E-state index contributed by atoms with van der Waals surface area (Å²) in [6, 6.07) is -4.11. The number of carbonyl (C=O) groups excluding carboxylic acids is 4. The Kier molecular flexibility index (Phi) is 8.49. The van der Waals surface area contributed by atoms with Gasteiger partial charge in [0.05, 0.1) is 18.8 Å². The number of nitrogens with two attached hydrogens (primary N) is 1. The Balaban J connectivity index is 1.98. The molecule has 31 heavy (non-hydrogen) atoms. The number of nitrogens with zero attached hydrogens (tertiary/aromatic N) is 1. The van der Waals surface area contributed by atoms with Crippen LogP contribution in [-0.2, 0) is 30.4 Å². The molecule has 1 aromatic rings. The highest BCUT2D eigenvalue weighted by atomic mass is 16.4. The number of hydrogen-bond acceptors (Lipinski definition) is 7. The molecule has 4 atom stereocenters. The van der Waals surface area contributed by atoms with Crippen molar-refractivity contribution in [3.8, 4) is 0 Å². The smallest absolute Gasteiger partial charge is 0.326 e. The van der Waals surface area contributed by atoms with Gasteiger partial charge in [-0.25, -0.2) is 9.78 Å². The second kappa shape index (κ2) is 11.1. The van der Waals surface area contributed by atoms with Gasteiger partial charge in [-0.3, -0.25) is 19.2 Å². The van der Waals surface area contributed by atoms with E-state index in [0.717, 1.165) is 6.42 Å². The Morgan fingerprint density at radius 1 is 1.19 bits per heavy atom. The summed E-state index contributed by atoms with van der Waals surface area (Å²) in [5.74, 6) is -4.13. The molecular weight excluding hydrogens is 410 g/mol. The third-order valence-electron chi connectivity index (χ3n) is 4.76. The highest BCUT2D eigenvalue weighted by Gasteiger charge is 2.30. The standard InChI is InChI=1S/C18H27N7O6/c1-9(23-16(28)11-3-2-4-21-11)15(27)24-12(6-14(19)26)17(29)25-13(18(30)31)5-10-7-20-8-22-10/h7-9,11-13,21H,2-6H2,1H3,(H2,19,26)(H,20,22)(H,23,28)(H,24,27)(H,25,29)(H,30,31). The highest BCUT2D eigenvalue weighted by molar-refractivity contribution is 5.96. The van der Waals surface area contributed by atoms with Crippen molar-refractivity contribution in [2.75, 3.05) is 6.54 Å². The van der Waals surface area contributed by atoms with Gasteiger partial charge in [-0.2, -0.15) is 0 Å². The number of imidazole rings is 1. The van der Waals surface area contributed by atoms with Gasteiger partial charge in [-0.05, 0) is 26.3 Å². The molecule has 13 nitrogen and oxygen atoms in total. The van der Waals surface area contributed by atoms with Crippen molar-refractivity contribution < 1.29 is 29.1 Å². The summed E-state index contributed by atoms with van der Waals surface area (Å²) in [5.41, 5.74) is 5.64. The number of nitrogens with one attached hydrogen (secondary N) is 5. The number of aromatic nitrogens is 2. The van der Waals surface area contributed by atoms with Gasteiger partial charge >= 0.3 is 5.97 Å². The maximum atomic E-state index is 12.6. The SMILES string of the molecule is CC(NC(=O)C1CCCN1)C(=O)NC(CC(N)=O)C(=O)NC(Cc1cnc[nH]1)C(=O)O. The molecule has 2 rings (SSSR count). The zero-order chi connectivity index (χ0) is 23.0. The number of rotatable bonds is 11. The predicted octanol–water partition coefficient (Wildman–Crippen LogP) is -2.86. The normalized spacial score (nSPS) is 18.4. The lowest BCUT2D eigenvalue weighted by atomic mass is 10.1. The summed E-state index contributed by atoms with van der Waals surface area (Å²) in [6.45, 7) is 2.14. The van der Waals surface area contributed by atoms with Crippen molar-refractivity contribution in [3.63, 3.8) is 0 Å². The number of primary amides is 1. The number of carbonyl (C=O) groups is 5. The van der Waals surface area contributed by atoms with Crippen LogP contribution in [0.3, 0.4) is 0 Å². The number of H-pyrrole nitrogens is 1. The Morgan fingerprint density at radius 3 is 2.45 bits per heavy atom. The van der Waals surface area contributed by atoms with Crippen molar-refractivity contribution in [1.82, 2.24) is 31.2 Å². The summed E-state index contributed by atoms with van der Waals surface area (Å²) >= 11 is 0. The Hall–Kier alpha value is -3.48. The first kappa shape index (κ1) is 23.8. The lowest BCUT2D eigenvalue weighted by Gasteiger charge is -2.23. The van der Waals surface area contributed by atoms with E-state index in [0.29, 0.717) is 18.7 Å². The van der Waals surface area contributed by atoms with E-state index >= 15 is 0 Å². The van der Waals surface area contributed by atoms with Gasteiger partial charge in [0.2, 0.25) is 23.6 Å². The van der Waals surface area contributed by atoms with E-state index in [1.807, 2.05) is 0 Å². The van der Waals surface area contributed by atoms with Gasteiger partial charge in [0, 0.05) is 18.3 Å². The maximum Gasteiger partial charge on any atom is 0.326 e. The second-order valence-electron chi connectivity index (χ2n) is 7.29. The molecule has 1 aliphatic rings. The van der Waals surface area contributed by atoms with Crippen LogP contribution >= 0.6 is 0 Å². The van der Waals surface area contributed by atoms with Crippen LogP contribution < -0.4 is 27.0 Å². The number of hydrogen-bond donors (Lipinski definition) is 7. The maximum absolute atomic E-state index is 12.6. The van der Waals surface area contributed by atoms with Crippen molar-refractivity contribution in [1.29, 1.82) is 0 Å². The highest BCUT2D eigenvalue weighted by Crippen LogP contribution is 2.05. The van der Waals surface area contributed by atoms with Gasteiger partial charge < -0.3 is 37.1 Å². The van der Waals surface area contributed by atoms with E-state index in [9.17, 15) is 29.1 Å². The van der Waals surface area contributed by atoms with Gasteiger partial charge in [0.25, 0.3) is 0 Å². The molecule has 1 saturated heterocycles. The van der Waals surface area contributed by atoms with Crippen LogP contribution in [0.1, 0.15) is 31.9 Å². The zero-order valence-electron chi connectivity index (χ0n) is 17.0. The molecule has 13 heteroatoms. The molecule has 0 bridgehead atoms. The summed E-state index contributed by atoms with van der Waals surface area (Å²) in [5, 5.41) is 19.6. The van der Waals surface area contributed by atoms with Crippen LogP contribution in [-0.4, -0.2) is 75.4 Å². The quantitative estimate of drug-likeness (QED) is 0.191. The number of aromatic amines is 1. The summed E-state index contributed by atoms with van der Waals surface area (Å²) in [4.78, 5) is 66.6. The first-order valence-corrected chi connectivity index (χ1v) is 9.80. The Morgan fingerprint density at radius 2 is 1.90 bits per heavy atom. The molecule has 0 aromatic carbocycles. The first-order valence-electron chi connectivity index (χ1n) is 9.80. The second-order valence-corrected chi connectivity index (χ2v) is 7.29. The monoisotopic (exact) mass is 437 g/mol. The van der Waals surface area contributed by atoms with Crippen LogP contribution in [0.25, 0.3) is 0 Å². The molecule has 0 saturated carbocycles. The van der Waals surface area contributed by atoms with Crippen LogP contribution in [0, 0.1) is 0 Å². The van der Waals surface area contributed by atoms with E-state index in [-0.39, 0.29) is 12.3 Å². The van der Waals surface area contributed by atoms with E-state index in [1.54, 1.807) is 0 Å². The van der Waals surface area contributed by atoms with Crippen LogP contribution in [0.4, 0.5) is 0 Å². The molecule has 4 unspecified atom stereocenters. The number of aliphatic carboxylic acids is 1. The number of carboxylic acids is 1.